The molecule has 0 fully saturated rings. The second kappa shape index (κ2) is 3.25. The van der Waals surface area contributed by atoms with Gasteiger partial charge in [-0.2, -0.15) is 0 Å². The number of aromatic nitrogens is 3. The van der Waals surface area contributed by atoms with Crippen molar-refractivity contribution < 1.29 is 0 Å². The van der Waals surface area contributed by atoms with Crippen molar-refractivity contribution in [1.82, 2.24) is 14.8 Å². The summed E-state index contributed by atoms with van der Waals surface area (Å²) in [6, 6.07) is 8.32. The van der Waals surface area contributed by atoms with Gasteiger partial charge < -0.3 is 0 Å². The van der Waals surface area contributed by atoms with Crippen molar-refractivity contribution in [2.75, 3.05) is 0 Å². The van der Waals surface area contributed by atoms with Gasteiger partial charge in [0.25, 0.3) is 0 Å². The molecule has 0 saturated heterocycles. The van der Waals surface area contributed by atoms with Crippen molar-refractivity contribution >= 4 is 0 Å². The van der Waals surface area contributed by atoms with Crippen molar-refractivity contribution in [2.24, 2.45) is 0 Å². The third-order valence-corrected chi connectivity index (χ3v) is 2.25. The highest BCUT2D eigenvalue weighted by Crippen LogP contribution is 2.13. The van der Waals surface area contributed by atoms with Crippen LogP contribution < -0.4 is 0 Å². The highest BCUT2D eigenvalue weighted by atomic mass is 15.3. The van der Waals surface area contributed by atoms with Gasteiger partial charge in [-0.3, -0.25) is 4.57 Å². The molecule has 0 aliphatic rings. The van der Waals surface area contributed by atoms with Crippen molar-refractivity contribution in [3.8, 4) is 5.69 Å². The Balaban J connectivity index is 2.59. The Kier molecular flexibility index (Phi) is 2.08. The van der Waals surface area contributed by atoms with Gasteiger partial charge in [0.1, 0.15) is 11.6 Å². The van der Waals surface area contributed by atoms with Gasteiger partial charge in [-0.15, -0.1) is 10.2 Å². The first-order chi connectivity index (χ1) is 6.68. The van der Waals surface area contributed by atoms with Gasteiger partial charge in [-0.05, 0) is 38.5 Å². The molecule has 0 spiro atoms. The van der Waals surface area contributed by atoms with Gasteiger partial charge in [-0.1, -0.05) is 12.1 Å². The van der Waals surface area contributed by atoms with Crippen LogP contribution in [0.2, 0.25) is 0 Å². The van der Waals surface area contributed by atoms with Crippen molar-refractivity contribution in [1.29, 1.82) is 0 Å². The van der Waals surface area contributed by atoms with Crippen LogP contribution in [-0.4, -0.2) is 14.8 Å². The van der Waals surface area contributed by atoms with Crippen molar-refractivity contribution in [3.63, 3.8) is 0 Å². The maximum absolute atomic E-state index is 4.04. The lowest BCUT2D eigenvalue weighted by Crippen LogP contribution is -1.99. The molecule has 0 amide bonds. The molecule has 0 aliphatic carbocycles. The fraction of sp³-hybridized carbons (Fsp3) is 0.273. The molecule has 3 heteroatoms. The Bertz CT molecular complexity index is 438. The van der Waals surface area contributed by atoms with Gasteiger partial charge in [-0.25, -0.2) is 0 Å². The van der Waals surface area contributed by atoms with E-state index in [1.165, 1.54) is 5.56 Å². The monoisotopic (exact) mass is 187 g/mol. The lowest BCUT2D eigenvalue weighted by molar-refractivity contribution is 0.936. The molecule has 0 N–H and O–H groups in total. The predicted octanol–water partition coefficient (Wildman–Crippen LogP) is 2.19. The average Bonchev–Trinajstić information content (AvgIpc) is 2.46. The van der Waals surface area contributed by atoms with E-state index in [2.05, 4.69) is 35.3 Å². The third-order valence-electron chi connectivity index (χ3n) is 2.25. The summed E-state index contributed by atoms with van der Waals surface area (Å²) in [5.74, 6) is 1.85. The summed E-state index contributed by atoms with van der Waals surface area (Å²) in [5, 5.41) is 8.07. The molecule has 14 heavy (non-hydrogen) atoms. The molecule has 2 aromatic rings. The average molecular weight is 187 g/mol. The Morgan fingerprint density at radius 1 is 1.00 bits per heavy atom. The van der Waals surface area contributed by atoms with E-state index >= 15 is 0 Å². The zero-order valence-electron chi connectivity index (χ0n) is 8.65. The highest BCUT2D eigenvalue weighted by molar-refractivity contribution is 5.37. The van der Waals surface area contributed by atoms with E-state index in [-0.39, 0.29) is 0 Å². The van der Waals surface area contributed by atoms with Crippen LogP contribution in [0, 0.1) is 20.8 Å². The molecule has 3 nitrogen and oxygen atoms in total. The predicted molar refractivity (Wildman–Crippen MR) is 55.6 cm³/mol. The standard InChI is InChI=1S/C11H13N3/c1-8-5-4-6-11(7-8)14-9(2)12-13-10(14)3/h4-7H,1-3H3. The second-order valence-electron chi connectivity index (χ2n) is 3.47. The van der Waals surface area contributed by atoms with Gasteiger partial charge >= 0.3 is 0 Å². The van der Waals surface area contributed by atoms with E-state index in [0.29, 0.717) is 0 Å². The highest BCUT2D eigenvalue weighted by Gasteiger charge is 2.05. The summed E-state index contributed by atoms with van der Waals surface area (Å²) in [5.41, 5.74) is 2.38. The SMILES string of the molecule is Cc1cccc(-n2c(C)nnc2C)c1. The van der Waals surface area contributed by atoms with E-state index in [4.69, 9.17) is 0 Å². The van der Waals surface area contributed by atoms with E-state index in [9.17, 15) is 0 Å². The molecule has 0 saturated carbocycles. The van der Waals surface area contributed by atoms with Crippen LogP contribution in [0.1, 0.15) is 17.2 Å². The van der Waals surface area contributed by atoms with E-state index < -0.39 is 0 Å². The first kappa shape index (κ1) is 8.94. The van der Waals surface area contributed by atoms with Crippen LogP contribution in [0.5, 0.6) is 0 Å². The van der Waals surface area contributed by atoms with Crippen molar-refractivity contribution in [3.05, 3.63) is 41.5 Å². The molecule has 72 valence electrons. The Hall–Kier alpha value is -1.64. The minimum absolute atomic E-state index is 0.924. The van der Waals surface area contributed by atoms with E-state index in [1.54, 1.807) is 0 Å². The molecule has 1 aromatic carbocycles. The second-order valence-corrected chi connectivity index (χ2v) is 3.47. The number of hydrogen-bond donors (Lipinski definition) is 0. The van der Waals surface area contributed by atoms with Crippen LogP contribution in [0.3, 0.4) is 0 Å². The van der Waals surface area contributed by atoms with Gasteiger partial charge in [0.2, 0.25) is 0 Å². The first-order valence-corrected chi connectivity index (χ1v) is 4.64. The van der Waals surface area contributed by atoms with Crippen LogP contribution in [0.15, 0.2) is 24.3 Å². The Labute approximate surface area is 83.4 Å². The zero-order chi connectivity index (χ0) is 10.1. The molecular weight excluding hydrogens is 174 g/mol. The first-order valence-electron chi connectivity index (χ1n) is 4.64. The molecule has 0 radical (unpaired) electrons. The number of nitrogens with zero attached hydrogens (tertiary/aromatic N) is 3. The summed E-state index contributed by atoms with van der Waals surface area (Å²) in [4.78, 5) is 0. The maximum atomic E-state index is 4.04. The molecule has 0 aliphatic heterocycles. The minimum Gasteiger partial charge on any atom is -0.283 e. The third kappa shape index (κ3) is 1.41. The summed E-state index contributed by atoms with van der Waals surface area (Å²) < 4.78 is 2.05. The molecule has 2 rings (SSSR count). The number of benzene rings is 1. The number of hydrogen-bond acceptors (Lipinski definition) is 2. The molecule has 0 atom stereocenters. The largest absolute Gasteiger partial charge is 0.283 e. The topological polar surface area (TPSA) is 30.7 Å². The van der Waals surface area contributed by atoms with Gasteiger partial charge in [0.15, 0.2) is 0 Å². The number of aryl methyl sites for hydroxylation is 3. The van der Waals surface area contributed by atoms with Gasteiger partial charge in [0.05, 0.1) is 0 Å². The lowest BCUT2D eigenvalue weighted by Gasteiger charge is -2.06. The van der Waals surface area contributed by atoms with Crippen molar-refractivity contribution in [2.45, 2.75) is 20.8 Å². The van der Waals surface area contributed by atoms with E-state index in [0.717, 1.165) is 17.3 Å². The lowest BCUT2D eigenvalue weighted by atomic mass is 10.2. The van der Waals surface area contributed by atoms with E-state index in [1.807, 2.05) is 24.5 Å². The molecular formula is C11H13N3. The molecule has 1 aromatic heterocycles. The fourth-order valence-corrected chi connectivity index (χ4v) is 1.61. The van der Waals surface area contributed by atoms with Crippen LogP contribution >= 0.6 is 0 Å². The molecule has 1 heterocycles. The summed E-state index contributed by atoms with van der Waals surface area (Å²) in [7, 11) is 0. The maximum Gasteiger partial charge on any atom is 0.134 e. The normalized spacial score (nSPS) is 10.5. The number of rotatable bonds is 1. The quantitative estimate of drug-likeness (QED) is 0.685. The van der Waals surface area contributed by atoms with Gasteiger partial charge in [0, 0.05) is 5.69 Å². The zero-order valence-corrected chi connectivity index (χ0v) is 8.65. The molecule has 0 bridgehead atoms. The fourth-order valence-electron chi connectivity index (χ4n) is 1.61. The Morgan fingerprint density at radius 3 is 2.21 bits per heavy atom. The molecule has 0 unspecified atom stereocenters. The summed E-state index contributed by atoms with van der Waals surface area (Å²) >= 11 is 0. The summed E-state index contributed by atoms with van der Waals surface area (Å²) in [6.07, 6.45) is 0. The Morgan fingerprint density at radius 2 is 1.64 bits per heavy atom. The smallest absolute Gasteiger partial charge is 0.134 e. The van der Waals surface area contributed by atoms with Crippen LogP contribution in [0.25, 0.3) is 5.69 Å². The van der Waals surface area contributed by atoms with Crippen LogP contribution in [-0.2, 0) is 0 Å². The minimum atomic E-state index is 0.924. The summed E-state index contributed by atoms with van der Waals surface area (Å²) in [6.45, 7) is 6.00. The van der Waals surface area contributed by atoms with Crippen LogP contribution in [0.4, 0.5) is 0 Å².